The highest BCUT2D eigenvalue weighted by Gasteiger charge is 2.35. The van der Waals surface area contributed by atoms with Gasteiger partial charge in [-0.25, -0.2) is 0 Å². The van der Waals surface area contributed by atoms with E-state index in [9.17, 15) is 23.7 Å². The minimum Gasteiger partial charge on any atom is -0.309 e. The van der Waals surface area contributed by atoms with Crippen LogP contribution in [0.4, 0.5) is 13.2 Å². The van der Waals surface area contributed by atoms with Crippen LogP contribution in [0.15, 0.2) is 103 Å². The first-order chi connectivity index (χ1) is 24.0. The molecule has 2 heterocycles. The Morgan fingerprint density at radius 2 is 0.920 bits per heavy atom. The average Bonchev–Trinajstić information content (AvgIpc) is 3.57. The number of benzene rings is 6. The summed E-state index contributed by atoms with van der Waals surface area (Å²) in [7, 11) is 0. The van der Waals surface area contributed by atoms with Crippen molar-refractivity contribution in [1.29, 1.82) is 10.5 Å². The second-order valence-corrected chi connectivity index (χ2v) is 13.1. The molecule has 6 aromatic carbocycles. The van der Waals surface area contributed by atoms with Crippen molar-refractivity contribution in [3.05, 3.63) is 142 Å². The van der Waals surface area contributed by atoms with Crippen LogP contribution in [0, 0.1) is 50.4 Å². The van der Waals surface area contributed by atoms with E-state index >= 15 is 0 Å². The zero-order valence-electron chi connectivity index (χ0n) is 27.7. The molecular weight excluding hydrogens is 629 g/mol. The molecule has 0 N–H and O–H groups in total. The summed E-state index contributed by atoms with van der Waals surface area (Å²) in [6, 6.07) is 35.6. The molecule has 242 valence electrons. The van der Waals surface area contributed by atoms with Gasteiger partial charge >= 0.3 is 6.18 Å². The van der Waals surface area contributed by atoms with Crippen LogP contribution in [0.25, 0.3) is 66.1 Å². The molecule has 2 aromatic heterocycles. The lowest BCUT2D eigenvalue weighted by Crippen LogP contribution is -2.10. The number of nitrogens with zero attached hydrogens (tertiary/aromatic N) is 4. The van der Waals surface area contributed by atoms with Crippen molar-refractivity contribution >= 4 is 43.6 Å². The molecule has 0 amide bonds. The van der Waals surface area contributed by atoms with E-state index in [1.165, 1.54) is 12.1 Å². The lowest BCUT2D eigenvalue weighted by Gasteiger charge is -2.21. The van der Waals surface area contributed by atoms with Crippen molar-refractivity contribution in [2.24, 2.45) is 0 Å². The van der Waals surface area contributed by atoms with Crippen LogP contribution in [-0.2, 0) is 6.18 Å². The second-order valence-electron chi connectivity index (χ2n) is 13.1. The Hall–Kier alpha value is -6.31. The molecule has 7 heteroatoms. The summed E-state index contributed by atoms with van der Waals surface area (Å²) in [5, 5.41) is 24.3. The van der Waals surface area contributed by atoms with E-state index in [1.807, 2.05) is 91.4 Å². The molecular formula is C43H29F3N4. The summed E-state index contributed by atoms with van der Waals surface area (Å²) in [4.78, 5) is 0. The zero-order valence-corrected chi connectivity index (χ0v) is 27.7. The molecule has 0 bridgehead atoms. The highest BCUT2D eigenvalue weighted by molar-refractivity contribution is 6.11. The van der Waals surface area contributed by atoms with Gasteiger partial charge in [0, 0.05) is 27.1 Å². The minimum atomic E-state index is -4.76. The number of rotatable bonds is 3. The monoisotopic (exact) mass is 658 g/mol. The standard InChI is InChI=1S/C43H29F3N4/c1-24-5-11-37-31(15-24)32-16-25(2)6-12-38(32)49(37)41-21-35(30-10-9-28(22-47)19-36(30)43(44,45)46)42(20-29(41)23-48)50-39-13-7-26(3)17-33(39)34-18-27(4)8-14-40(34)50/h5-21H,1-4H3. The lowest BCUT2D eigenvalue weighted by atomic mass is 9.93. The molecule has 0 aliphatic carbocycles. The molecule has 0 saturated carbocycles. The maximum absolute atomic E-state index is 15.0. The van der Waals surface area contributed by atoms with E-state index in [0.717, 1.165) is 71.9 Å². The predicted octanol–water partition coefficient (Wildman–Crippen LogP) is 11.5. The molecule has 8 aromatic rings. The van der Waals surface area contributed by atoms with E-state index in [0.29, 0.717) is 16.9 Å². The Balaban J connectivity index is 1.57. The van der Waals surface area contributed by atoms with Crippen molar-refractivity contribution in [2.75, 3.05) is 0 Å². The van der Waals surface area contributed by atoms with Crippen LogP contribution >= 0.6 is 0 Å². The van der Waals surface area contributed by atoms with E-state index in [4.69, 9.17) is 0 Å². The quantitative estimate of drug-likeness (QED) is 0.190. The van der Waals surface area contributed by atoms with E-state index < -0.39 is 11.7 Å². The van der Waals surface area contributed by atoms with Crippen molar-refractivity contribution < 1.29 is 13.2 Å². The molecule has 8 rings (SSSR count). The van der Waals surface area contributed by atoms with Gasteiger partial charge in [0.05, 0.1) is 56.2 Å². The SMILES string of the molecule is Cc1ccc2c(c1)c1cc(C)ccc1n2-c1cc(-c2ccc(C#N)cc2C(F)(F)F)c(-n2c3ccc(C)cc3c3cc(C)ccc32)cc1C#N. The first-order valence-corrected chi connectivity index (χ1v) is 16.2. The summed E-state index contributed by atoms with van der Waals surface area (Å²) >= 11 is 0. The molecule has 0 atom stereocenters. The van der Waals surface area contributed by atoms with Crippen molar-refractivity contribution in [3.63, 3.8) is 0 Å². The molecule has 0 aliphatic heterocycles. The van der Waals surface area contributed by atoms with Crippen LogP contribution < -0.4 is 0 Å². The van der Waals surface area contributed by atoms with Gasteiger partial charge in [0.1, 0.15) is 6.07 Å². The number of aromatic nitrogens is 2. The highest BCUT2D eigenvalue weighted by atomic mass is 19.4. The molecule has 0 unspecified atom stereocenters. The molecule has 0 spiro atoms. The fourth-order valence-corrected chi connectivity index (χ4v) is 7.36. The van der Waals surface area contributed by atoms with Gasteiger partial charge in [-0.05, 0) is 106 Å². The maximum atomic E-state index is 15.0. The van der Waals surface area contributed by atoms with Gasteiger partial charge in [0.25, 0.3) is 0 Å². The fraction of sp³-hybridized carbons (Fsp3) is 0.116. The first-order valence-electron chi connectivity index (χ1n) is 16.2. The van der Waals surface area contributed by atoms with E-state index in [1.54, 1.807) is 12.1 Å². The topological polar surface area (TPSA) is 57.4 Å². The number of fused-ring (bicyclic) bond motifs is 6. The maximum Gasteiger partial charge on any atom is 0.417 e. The molecule has 0 radical (unpaired) electrons. The van der Waals surface area contributed by atoms with Gasteiger partial charge in [-0.1, -0.05) is 52.6 Å². The molecule has 4 nitrogen and oxygen atoms in total. The lowest BCUT2D eigenvalue weighted by molar-refractivity contribution is -0.137. The van der Waals surface area contributed by atoms with Gasteiger partial charge in [-0.15, -0.1) is 0 Å². The number of halogens is 3. The van der Waals surface area contributed by atoms with Crippen LogP contribution in [-0.4, -0.2) is 9.13 Å². The smallest absolute Gasteiger partial charge is 0.309 e. The summed E-state index contributed by atoms with van der Waals surface area (Å²) < 4.78 is 48.8. The minimum absolute atomic E-state index is 0.0843. The molecule has 0 fully saturated rings. The van der Waals surface area contributed by atoms with Crippen LogP contribution in [0.3, 0.4) is 0 Å². The van der Waals surface area contributed by atoms with Gasteiger partial charge in [-0.2, -0.15) is 23.7 Å². The van der Waals surface area contributed by atoms with Crippen molar-refractivity contribution in [2.45, 2.75) is 33.9 Å². The van der Waals surface area contributed by atoms with Crippen LogP contribution in [0.5, 0.6) is 0 Å². The fourth-order valence-electron chi connectivity index (χ4n) is 7.36. The number of nitriles is 2. The number of hydrogen-bond donors (Lipinski definition) is 0. The average molecular weight is 659 g/mol. The van der Waals surface area contributed by atoms with Crippen molar-refractivity contribution in [1.82, 2.24) is 9.13 Å². The normalized spacial score (nSPS) is 11.9. The summed E-state index contributed by atoms with van der Waals surface area (Å²) in [6.45, 7) is 8.05. The highest BCUT2D eigenvalue weighted by Crippen LogP contribution is 2.45. The molecule has 0 saturated heterocycles. The summed E-state index contributed by atoms with van der Waals surface area (Å²) in [5.74, 6) is 0. The van der Waals surface area contributed by atoms with Gasteiger partial charge in [-0.3, -0.25) is 0 Å². The third kappa shape index (κ3) is 4.74. The Morgan fingerprint density at radius 3 is 1.32 bits per heavy atom. The third-order valence-corrected chi connectivity index (χ3v) is 9.61. The Kier molecular flexibility index (Phi) is 6.89. The molecule has 50 heavy (non-hydrogen) atoms. The Labute approximate surface area is 286 Å². The van der Waals surface area contributed by atoms with E-state index in [-0.39, 0.29) is 16.7 Å². The van der Waals surface area contributed by atoms with Gasteiger partial charge in [0.15, 0.2) is 0 Å². The van der Waals surface area contributed by atoms with Gasteiger partial charge < -0.3 is 9.13 Å². The van der Waals surface area contributed by atoms with E-state index in [2.05, 4.69) is 30.3 Å². The predicted molar refractivity (Wildman–Crippen MR) is 194 cm³/mol. The number of hydrogen-bond acceptors (Lipinski definition) is 2. The van der Waals surface area contributed by atoms with Crippen LogP contribution in [0.1, 0.15) is 38.9 Å². The number of alkyl halides is 3. The third-order valence-electron chi connectivity index (χ3n) is 9.61. The largest absolute Gasteiger partial charge is 0.417 e. The Bertz CT molecular complexity index is 2700. The van der Waals surface area contributed by atoms with Crippen LogP contribution in [0.2, 0.25) is 0 Å². The zero-order chi connectivity index (χ0) is 35.1. The number of aryl methyl sites for hydroxylation is 4. The van der Waals surface area contributed by atoms with Gasteiger partial charge in [0.2, 0.25) is 0 Å². The summed E-state index contributed by atoms with van der Waals surface area (Å²) in [6.07, 6.45) is -4.76. The summed E-state index contributed by atoms with van der Waals surface area (Å²) in [5.41, 5.74) is 7.91. The first kappa shape index (κ1) is 31.0. The second kappa shape index (κ2) is 11.1. The molecule has 0 aliphatic rings. The van der Waals surface area contributed by atoms with Crippen molar-refractivity contribution in [3.8, 4) is 34.6 Å². The Morgan fingerprint density at radius 1 is 0.480 bits per heavy atom.